The molecule has 2 N–H and O–H groups in total. The van der Waals surface area contributed by atoms with Gasteiger partial charge in [-0.1, -0.05) is 29.3 Å². The van der Waals surface area contributed by atoms with Crippen LogP contribution in [0.15, 0.2) is 23.0 Å². The Morgan fingerprint density at radius 2 is 1.76 bits per heavy atom. The Balaban J connectivity index is 0.000000517. The standard InChI is InChI=1S/C19H12Cl2F4N8O2.C2HF3O2/c20-13-14(21)33-15(26-13)11(27-30-18(33)35)6-8-1-2-10(22)9(5-8)16(34)31-3-4-32-12(7-31)28-29-17(32)19(23,24)25;3-2(4,5)1(6)7/h1-2,5H,3-4,6-7H2,(H,26,30,35);(H,6,7). The van der Waals surface area contributed by atoms with Crippen molar-refractivity contribution < 1.29 is 50.0 Å². The van der Waals surface area contributed by atoms with Gasteiger partial charge in [-0.15, -0.1) is 5.10 Å². The predicted octanol–water partition coefficient (Wildman–Crippen LogP) is 1.44. The van der Waals surface area contributed by atoms with Gasteiger partial charge in [0.1, 0.15) is 24.0 Å². The molecule has 0 unspecified atom stereocenters. The normalized spacial score (nSPS) is 13.5. The lowest BCUT2D eigenvalue weighted by Gasteiger charge is -2.25. The summed E-state index contributed by atoms with van der Waals surface area (Å²) in [6, 6.07) is 3.83. The average molecular weight is 645 g/mol. The number of hydrogen-bond acceptors (Lipinski definition) is 7. The van der Waals surface area contributed by atoms with Crippen LogP contribution in [-0.2, 0) is 30.5 Å². The first-order valence-corrected chi connectivity index (χ1v) is 12.0. The van der Waals surface area contributed by atoms with Gasteiger partial charge in [0.05, 0.1) is 18.7 Å². The smallest absolute Gasteiger partial charge is 0.485 e. The second-order valence-corrected chi connectivity index (χ2v) is 9.19. The van der Waals surface area contributed by atoms with E-state index in [1.54, 1.807) is 0 Å². The van der Waals surface area contributed by atoms with E-state index in [0.29, 0.717) is 5.56 Å². The number of fused-ring (bicyclic) bond motifs is 2. The molecule has 4 aromatic rings. The highest BCUT2D eigenvalue weighted by molar-refractivity contribution is 6.40. The zero-order valence-corrected chi connectivity index (χ0v) is 21.8. The Kier molecular flexibility index (Phi) is 8.18. The highest BCUT2D eigenvalue weighted by Crippen LogP contribution is 2.27. The van der Waals surface area contributed by atoms with Crippen LogP contribution in [0.2, 0.25) is 10.3 Å². The number of carbonyl (C=O) groups excluding carboxylic acids is 2. The number of nitrogens with one attached hydrogen (secondary N) is 2. The second-order valence-electron chi connectivity index (χ2n) is 8.47. The van der Waals surface area contributed by atoms with Gasteiger partial charge in [-0.2, -0.15) is 31.4 Å². The number of benzene rings is 1. The molecule has 4 heterocycles. The predicted molar refractivity (Wildman–Crippen MR) is 122 cm³/mol. The number of rotatable bonds is 3. The molecule has 1 amide bonds. The second kappa shape index (κ2) is 11.2. The Labute approximate surface area is 237 Å². The summed E-state index contributed by atoms with van der Waals surface area (Å²) in [7, 11) is 0. The molecule has 1 aromatic carbocycles. The maximum absolute atomic E-state index is 14.6. The molecule has 1 aliphatic rings. The van der Waals surface area contributed by atoms with Crippen LogP contribution in [0, 0.1) is 5.82 Å². The van der Waals surface area contributed by atoms with Crippen molar-refractivity contribution in [3.05, 3.63) is 73.3 Å². The first kappa shape index (κ1) is 30.7. The van der Waals surface area contributed by atoms with Gasteiger partial charge in [-0.05, 0) is 17.7 Å². The monoisotopic (exact) mass is 644 g/mol. The van der Waals surface area contributed by atoms with Gasteiger partial charge in [0.25, 0.3) is 11.7 Å². The lowest BCUT2D eigenvalue weighted by Crippen LogP contribution is -2.54. The van der Waals surface area contributed by atoms with Crippen molar-refractivity contribution in [1.82, 2.24) is 34.7 Å². The maximum atomic E-state index is 14.6. The van der Waals surface area contributed by atoms with Crippen molar-refractivity contribution >= 4 is 40.7 Å². The summed E-state index contributed by atoms with van der Waals surface area (Å²) in [6.07, 6.45) is -9.80. The van der Waals surface area contributed by atoms with Gasteiger partial charge < -0.3 is 14.8 Å². The van der Waals surface area contributed by atoms with Crippen molar-refractivity contribution in [3.63, 3.8) is 0 Å². The van der Waals surface area contributed by atoms with E-state index in [-0.39, 0.29) is 59.1 Å². The summed E-state index contributed by atoms with van der Waals surface area (Å²) in [6.45, 7) is -0.441. The molecule has 0 saturated carbocycles. The van der Waals surface area contributed by atoms with Crippen LogP contribution >= 0.6 is 23.2 Å². The van der Waals surface area contributed by atoms with Gasteiger partial charge in [0.2, 0.25) is 0 Å². The maximum Gasteiger partial charge on any atom is 0.485 e. The van der Waals surface area contributed by atoms with E-state index in [2.05, 4.69) is 25.4 Å². The van der Waals surface area contributed by atoms with E-state index >= 15 is 0 Å². The Hall–Kier alpha value is -4.26. The molecule has 0 aliphatic carbocycles. The minimum atomic E-state index is -5.19. The van der Waals surface area contributed by atoms with Crippen molar-refractivity contribution in [2.24, 2.45) is 0 Å². The van der Waals surface area contributed by atoms with Crippen LogP contribution in [0.4, 0.5) is 30.7 Å². The van der Waals surface area contributed by atoms with Crippen molar-refractivity contribution in [2.45, 2.75) is 31.9 Å². The molecular formula is C21H13Cl2F7N8O4. The molecule has 5 rings (SSSR count). The number of H-pyrrole nitrogens is 2. The SMILES string of the molecule is O=C([O-])C(F)(F)F.O=C(c1cc(Cc2n[nH]c(=O)n3c(Cl)c(Cl)nc23)ccc1F)N1CC[n+]2c(C(F)(F)F)n[nH]c2C1. The fraction of sp³-hybridized carbons (Fsp3) is 0.286. The first-order chi connectivity index (χ1) is 19.5. The molecule has 0 bridgehead atoms. The van der Waals surface area contributed by atoms with Crippen molar-refractivity contribution in [1.29, 1.82) is 0 Å². The summed E-state index contributed by atoms with van der Waals surface area (Å²) in [5.41, 5.74) is -0.107. The molecule has 0 atom stereocenters. The molecule has 0 fully saturated rings. The van der Waals surface area contributed by atoms with E-state index in [4.69, 9.17) is 33.1 Å². The summed E-state index contributed by atoms with van der Waals surface area (Å²) in [5.74, 6) is -5.53. The summed E-state index contributed by atoms with van der Waals surface area (Å²) >= 11 is 11.9. The highest BCUT2D eigenvalue weighted by Gasteiger charge is 2.46. The number of hydrogen-bond donors (Lipinski definition) is 2. The minimum absolute atomic E-state index is 0.0417. The van der Waals surface area contributed by atoms with Crippen LogP contribution in [0.1, 0.15) is 33.3 Å². The molecule has 1 aliphatic heterocycles. The van der Waals surface area contributed by atoms with E-state index in [0.717, 1.165) is 15.0 Å². The first-order valence-electron chi connectivity index (χ1n) is 11.2. The minimum Gasteiger partial charge on any atom is -0.542 e. The number of aromatic nitrogens is 7. The number of carboxylic acids is 1. The molecule has 3 aromatic heterocycles. The molecule has 12 nitrogen and oxygen atoms in total. The third-order valence-corrected chi connectivity index (χ3v) is 6.45. The quantitative estimate of drug-likeness (QED) is 0.252. The summed E-state index contributed by atoms with van der Waals surface area (Å²) in [4.78, 5) is 39.1. The number of carbonyl (C=O) groups is 2. The lowest BCUT2D eigenvalue weighted by atomic mass is 10.0. The Morgan fingerprint density at radius 3 is 2.38 bits per heavy atom. The van der Waals surface area contributed by atoms with Crippen LogP contribution in [0.3, 0.4) is 0 Å². The molecule has 42 heavy (non-hydrogen) atoms. The van der Waals surface area contributed by atoms with Crippen LogP contribution < -0.4 is 15.4 Å². The topological polar surface area (TPSA) is 156 Å². The van der Waals surface area contributed by atoms with E-state index in [1.807, 2.05) is 0 Å². The van der Waals surface area contributed by atoms with Gasteiger partial charge >= 0.3 is 23.9 Å². The van der Waals surface area contributed by atoms with E-state index in [1.165, 1.54) is 17.0 Å². The van der Waals surface area contributed by atoms with Crippen LogP contribution in [0.5, 0.6) is 0 Å². The molecule has 0 spiro atoms. The van der Waals surface area contributed by atoms with Gasteiger partial charge in [-0.3, -0.25) is 4.79 Å². The van der Waals surface area contributed by atoms with E-state index in [9.17, 15) is 40.3 Å². The summed E-state index contributed by atoms with van der Waals surface area (Å²) in [5, 5.41) is 20.4. The molecule has 224 valence electrons. The average Bonchev–Trinajstić information content (AvgIpc) is 3.47. The lowest BCUT2D eigenvalue weighted by molar-refractivity contribution is -0.727. The number of imidazole rings is 1. The number of alkyl halides is 6. The van der Waals surface area contributed by atoms with E-state index < -0.39 is 41.6 Å². The number of aromatic amines is 2. The van der Waals surface area contributed by atoms with Crippen molar-refractivity contribution in [2.75, 3.05) is 6.54 Å². The van der Waals surface area contributed by atoms with Gasteiger partial charge in [-0.25, -0.2) is 28.2 Å². The van der Waals surface area contributed by atoms with Crippen LogP contribution in [-0.4, -0.2) is 59.3 Å². The molecule has 0 saturated heterocycles. The highest BCUT2D eigenvalue weighted by atomic mass is 35.5. The zero-order valence-electron chi connectivity index (χ0n) is 20.3. The number of nitrogens with zero attached hydrogens (tertiary/aromatic N) is 6. The largest absolute Gasteiger partial charge is 0.542 e. The van der Waals surface area contributed by atoms with Crippen LogP contribution in [0.25, 0.3) is 5.65 Å². The van der Waals surface area contributed by atoms with Gasteiger partial charge in [0.15, 0.2) is 16.0 Å². The Bertz CT molecular complexity index is 1750. The summed E-state index contributed by atoms with van der Waals surface area (Å²) < 4.78 is 87.3. The molecule has 0 radical (unpaired) electrons. The zero-order chi connectivity index (χ0) is 31.1. The number of amides is 1. The molecular weight excluding hydrogens is 632 g/mol. The number of halogens is 9. The third-order valence-electron chi connectivity index (χ3n) is 5.74. The van der Waals surface area contributed by atoms with Gasteiger partial charge in [0, 0.05) is 11.5 Å². The number of aliphatic carboxylic acids is 1. The molecule has 21 heteroatoms. The number of carboxylic acid groups (broad SMARTS) is 1. The van der Waals surface area contributed by atoms with Crippen molar-refractivity contribution in [3.8, 4) is 0 Å². The fourth-order valence-corrected chi connectivity index (χ4v) is 4.26. The fourth-order valence-electron chi connectivity index (χ4n) is 3.90. The Morgan fingerprint density at radius 1 is 1.10 bits per heavy atom. The third kappa shape index (κ3) is 6.15.